The Balaban J connectivity index is 2.36. The highest BCUT2D eigenvalue weighted by Gasteiger charge is 2.38. The third-order valence-corrected chi connectivity index (χ3v) is 10.3. The zero-order valence-electron chi connectivity index (χ0n) is 35.7. The Labute approximate surface area is 349 Å². The van der Waals surface area contributed by atoms with Crippen molar-refractivity contribution in [1.29, 1.82) is 0 Å². The molecule has 14 nitrogen and oxygen atoms in total. The van der Waals surface area contributed by atoms with E-state index in [2.05, 4.69) is 22.6 Å². The van der Waals surface area contributed by atoms with Crippen LogP contribution in [0.3, 0.4) is 0 Å². The van der Waals surface area contributed by atoms with Crippen LogP contribution in [0.5, 0.6) is 5.75 Å². The van der Waals surface area contributed by atoms with Crippen LogP contribution in [-0.4, -0.2) is 98.6 Å². The number of allylic oxidation sites excluding steroid dienone is 5. The van der Waals surface area contributed by atoms with E-state index in [1.807, 2.05) is 13.0 Å². The van der Waals surface area contributed by atoms with E-state index in [-0.39, 0.29) is 43.1 Å². The molecule has 6 N–H and O–H groups in total. The summed E-state index contributed by atoms with van der Waals surface area (Å²) in [5, 5.41) is 38.2. The summed E-state index contributed by atoms with van der Waals surface area (Å²) in [6.45, 7) is 15.5. The fourth-order valence-electron chi connectivity index (χ4n) is 6.54. The van der Waals surface area contributed by atoms with Crippen molar-refractivity contribution in [3.05, 3.63) is 78.4 Å². The highest BCUT2D eigenvalue weighted by molar-refractivity contribution is 5.93. The molecule has 1 aliphatic heterocycles. The lowest BCUT2D eigenvalue weighted by Crippen LogP contribution is -2.62. The molecule has 1 heterocycles. The summed E-state index contributed by atoms with van der Waals surface area (Å²) < 4.78 is 5.95. The van der Waals surface area contributed by atoms with Gasteiger partial charge >= 0.3 is 5.97 Å². The molecule has 1 aromatic rings. The molecule has 1 unspecified atom stereocenters. The van der Waals surface area contributed by atoms with E-state index >= 15 is 0 Å². The van der Waals surface area contributed by atoms with Gasteiger partial charge in [0.15, 0.2) is 5.78 Å². The number of aliphatic hydroxyl groups excluding tert-OH is 2. The molecule has 1 aromatic carbocycles. The van der Waals surface area contributed by atoms with Crippen molar-refractivity contribution in [1.82, 2.24) is 21.1 Å². The van der Waals surface area contributed by atoms with Crippen LogP contribution in [0.25, 0.3) is 0 Å². The third kappa shape index (κ3) is 17.1. The lowest BCUT2D eigenvalue weighted by atomic mass is 9.84. The van der Waals surface area contributed by atoms with Gasteiger partial charge in [-0.2, -0.15) is 0 Å². The first-order chi connectivity index (χ1) is 27.9. The molecule has 0 spiro atoms. The molecule has 0 bridgehead atoms. The predicted octanol–water partition coefficient (Wildman–Crippen LogP) is 4.33. The Bertz CT molecular complexity index is 1690. The quantitative estimate of drug-likeness (QED) is 0.0491. The Hall–Kier alpha value is -4.92. The second kappa shape index (κ2) is 25.5. The van der Waals surface area contributed by atoms with Gasteiger partial charge < -0.3 is 35.5 Å². The fourth-order valence-corrected chi connectivity index (χ4v) is 6.54. The molecule has 14 heteroatoms. The monoisotopic (exact) mass is 822 g/mol. The van der Waals surface area contributed by atoms with Crippen molar-refractivity contribution in [3.8, 4) is 5.75 Å². The summed E-state index contributed by atoms with van der Waals surface area (Å²) >= 11 is 0. The zero-order chi connectivity index (χ0) is 44.2. The summed E-state index contributed by atoms with van der Waals surface area (Å²) in [5.74, 6) is -5.09. The number of Topliss-reactive ketones (excluding diaryl/α,β-unsaturated/α-hetero) is 1. The second-order valence-electron chi connectivity index (χ2n) is 15.7. The molecule has 0 radical (unpaired) electrons. The van der Waals surface area contributed by atoms with E-state index in [0.29, 0.717) is 36.8 Å². The van der Waals surface area contributed by atoms with Crippen molar-refractivity contribution in [2.75, 3.05) is 6.54 Å². The fraction of sp³-hybridized carbons (Fsp3) is 0.556. The summed E-state index contributed by atoms with van der Waals surface area (Å²) in [6, 6.07) is 2.93. The third-order valence-electron chi connectivity index (χ3n) is 10.3. The van der Waals surface area contributed by atoms with Crippen molar-refractivity contribution in [2.24, 2.45) is 17.8 Å². The molecule has 1 fully saturated rings. The molecule has 0 aromatic heterocycles. The zero-order valence-corrected chi connectivity index (χ0v) is 35.7. The van der Waals surface area contributed by atoms with E-state index in [0.717, 1.165) is 6.42 Å². The van der Waals surface area contributed by atoms with Crippen LogP contribution < -0.4 is 16.1 Å². The number of hydrogen-bond donors (Lipinski definition) is 6. The number of aliphatic hydroxyl groups is 2. The average molecular weight is 823 g/mol. The lowest BCUT2D eigenvalue weighted by Gasteiger charge is -2.36. The number of aromatic hydroxyl groups is 1. The highest BCUT2D eigenvalue weighted by Crippen LogP contribution is 2.23. The molecule has 0 aliphatic carbocycles. The van der Waals surface area contributed by atoms with Crippen LogP contribution in [0.15, 0.2) is 72.9 Å². The minimum atomic E-state index is -1.31. The minimum absolute atomic E-state index is 0.0000430. The van der Waals surface area contributed by atoms with Crippen LogP contribution in [0.2, 0.25) is 0 Å². The topological polar surface area (TPSA) is 212 Å². The Kier molecular flexibility index (Phi) is 21.7. The van der Waals surface area contributed by atoms with Gasteiger partial charge in [0.2, 0.25) is 11.8 Å². The number of amides is 3. The van der Waals surface area contributed by atoms with Gasteiger partial charge in [0.05, 0.1) is 18.1 Å². The first-order valence-electron chi connectivity index (χ1n) is 20.6. The maximum absolute atomic E-state index is 14.3. The number of nitrogens with zero attached hydrogens (tertiary/aromatic N) is 1. The van der Waals surface area contributed by atoms with Crippen LogP contribution in [-0.2, 0) is 39.9 Å². The number of carbonyl (C=O) groups excluding carboxylic acids is 6. The molecule has 59 heavy (non-hydrogen) atoms. The molecular formula is C45H66N4O10. The molecule has 1 aliphatic rings. The second-order valence-corrected chi connectivity index (χ2v) is 15.7. The van der Waals surface area contributed by atoms with Gasteiger partial charge in [-0.05, 0) is 81.7 Å². The van der Waals surface area contributed by atoms with E-state index in [1.165, 1.54) is 37.1 Å². The van der Waals surface area contributed by atoms with Gasteiger partial charge in [0.25, 0.3) is 5.91 Å². The Morgan fingerprint density at radius 1 is 1.02 bits per heavy atom. The number of benzene rings is 1. The van der Waals surface area contributed by atoms with Crippen molar-refractivity contribution >= 4 is 35.3 Å². The van der Waals surface area contributed by atoms with Gasteiger partial charge in [0.1, 0.15) is 35.8 Å². The molecular weight excluding hydrogens is 757 g/mol. The first kappa shape index (κ1) is 50.2. The van der Waals surface area contributed by atoms with Crippen LogP contribution >= 0.6 is 0 Å². The first-order valence-corrected chi connectivity index (χ1v) is 20.6. The number of phenols is 1. The number of carbonyl (C=O) groups is 6. The number of nitrogens with one attached hydrogen (secondary N) is 3. The van der Waals surface area contributed by atoms with Gasteiger partial charge in [-0.1, -0.05) is 76.8 Å². The number of rotatable bonds is 24. The lowest BCUT2D eigenvalue weighted by molar-refractivity contribution is -0.156. The van der Waals surface area contributed by atoms with Crippen LogP contribution in [0.4, 0.5) is 0 Å². The highest BCUT2D eigenvalue weighted by atomic mass is 16.5. The van der Waals surface area contributed by atoms with Gasteiger partial charge in [-0.25, -0.2) is 5.43 Å². The molecule has 326 valence electrons. The van der Waals surface area contributed by atoms with Crippen LogP contribution in [0, 0.1) is 17.8 Å². The van der Waals surface area contributed by atoms with Crippen molar-refractivity contribution < 1.29 is 48.8 Å². The SMILES string of the molecule is C=C/C=C/C[C@H](OC(=O)C1CCCN(C(=O)[C@H](Cc2cccc(O)c2)NC(=O)[C@@H](NC(=O)[C@H](CCC(C)=O)[C@H](O)[C@@H](C)[C@H](C)O)C(C)C)N1)/C(C)=C/C=C/C(=O)CCC. The van der Waals surface area contributed by atoms with Crippen molar-refractivity contribution in [3.63, 3.8) is 0 Å². The van der Waals surface area contributed by atoms with E-state index in [1.54, 1.807) is 64.1 Å². The number of phenolic OH excluding ortho intramolecular Hbond substituents is 1. The minimum Gasteiger partial charge on any atom is -0.508 e. The largest absolute Gasteiger partial charge is 0.508 e. The summed E-state index contributed by atoms with van der Waals surface area (Å²) in [7, 11) is 0. The number of esters is 1. The maximum atomic E-state index is 14.3. The Morgan fingerprint density at radius 2 is 1.73 bits per heavy atom. The number of ketones is 2. The van der Waals surface area contributed by atoms with Gasteiger partial charge in [-0.3, -0.25) is 29.0 Å². The number of hydrazine groups is 1. The smallest absolute Gasteiger partial charge is 0.325 e. The molecule has 8 atom stereocenters. The maximum Gasteiger partial charge on any atom is 0.325 e. The normalized spacial score (nSPS) is 18.4. The van der Waals surface area contributed by atoms with E-state index < -0.39 is 77.9 Å². The standard InChI is InChI=1S/C45H66N4O10/c1-9-11-12-22-39(29(5)17-13-19-34(52)16-10-2)59-45(58)37-21-15-25-49(48-37)44(57)38(27-33-18-14-20-35(53)26-33)46-43(56)40(28(3)4)47-42(55)36(24-23-30(6)50)41(54)31(7)32(8)51/h9,11-14,17-20,26,28,31-32,36-41,48,51,53-54H,1,10,15-16,21-25,27H2,2-8H3,(H,46,56)(H,47,55)/b12-11+,19-13+,29-17+/t31-,32-,36+,37?,38-,39-,40-,41+/m0/s1. The molecule has 3 amide bonds. The van der Waals surface area contributed by atoms with Gasteiger partial charge in [0, 0.05) is 38.1 Å². The molecule has 1 saturated heterocycles. The van der Waals surface area contributed by atoms with E-state index in [9.17, 15) is 44.1 Å². The average Bonchev–Trinajstić information content (AvgIpc) is 3.18. The summed E-state index contributed by atoms with van der Waals surface area (Å²) in [6.07, 6.45) is 9.30. The van der Waals surface area contributed by atoms with Gasteiger partial charge in [-0.15, -0.1) is 0 Å². The number of ether oxygens (including phenoxy) is 1. The number of hydrogen-bond acceptors (Lipinski definition) is 11. The van der Waals surface area contributed by atoms with Crippen LogP contribution in [0.1, 0.15) is 99.0 Å². The summed E-state index contributed by atoms with van der Waals surface area (Å²) in [5.41, 5.74) is 4.23. The summed E-state index contributed by atoms with van der Waals surface area (Å²) in [4.78, 5) is 79.5. The predicted molar refractivity (Wildman–Crippen MR) is 225 cm³/mol. The van der Waals surface area contributed by atoms with Crippen molar-refractivity contribution in [2.45, 2.75) is 136 Å². The molecule has 0 saturated carbocycles. The van der Waals surface area contributed by atoms with E-state index in [4.69, 9.17) is 4.74 Å². The Morgan fingerprint density at radius 3 is 2.34 bits per heavy atom. The molecule has 2 rings (SSSR count).